The van der Waals surface area contributed by atoms with Crippen LogP contribution in [0.15, 0.2) is 30.3 Å². The Kier molecular flexibility index (Phi) is 6.12. The molecule has 0 fully saturated rings. The zero-order valence-electron chi connectivity index (χ0n) is 10.2. The van der Waals surface area contributed by atoms with Crippen molar-refractivity contribution in [3.63, 3.8) is 0 Å². The average molecular weight is 222 g/mol. The topological polar surface area (TPSA) is 29.5 Å². The molecule has 0 radical (unpaired) electrons. The molecule has 0 heterocycles. The van der Waals surface area contributed by atoms with Crippen molar-refractivity contribution in [2.45, 2.75) is 45.3 Å². The van der Waals surface area contributed by atoms with E-state index in [4.69, 9.17) is 4.74 Å². The van der Waals surface area contributed by atoms with Gasteiger partial charge in [-0.05, 0) is 38.7 Å². The summed E-state index contributed by atoms with van der Waals surface area (Å²) >= 11 is 0. The number of aliphatic hydroxyl groups excluding tert-OH is 1. The normalized spacial score (nSPS) is 13.0. The van der Waals surface area contributed by atoms with E-state index in [2.05, 4.69) is 12.1 Å². The van der Waals surface area contributed by atoms with Crippen molar-refractivity contribution in [3.8, 4) is 0 Å². The summed E-state index contributed by atoms with van der Waals surface area (Å²) in [7, 11) is 0. The lowest BCUT2D eigenvalue weighted by Gasteiger charge is -2.13. The third-order valence-electron chi connectivity index (χ3n) is 2.47. The molecule has 1 atom stereocenters. The highest BCUT2D eigenvalue weighted by atomic mass is 16.5. The summed E-state index contributed by atoms with van der Waals surface area (Å²) in [5, 5.41) is 9.65. The van der Waals surface area contributed by atoms with Crippen LogP contribution in [0, 0.1) is 0 Å². The van der Waals surface area contributed by atoms with Crippen molar-refractivity contribution in [2.24, 2.45) is 0 Å². The van der Waals surface area contributed by atoms with Crippen molar-refractivity contribution in [3.05, 3.63) is 35.9 Å². The fourth-order valence-electron chi connectivity index (χ4n) is 1.57. The van der Waals surface area contributed by atoms with Crippen LogP contribution in [0.4, 0.5) is 0 Å². The minimum atomic E-state index is -0.328. The summed E-state index contributed by atoms with van der Waals surface area (Å²) in [4.78, 5) is 0. The van der Waals surface area contributed by atoms with E-state index in [1.54, 1.807) is 0 Å². The van der Waals surface area contributed by atoms with Gasteiger partial charge in [0.15, 0.2) is 0 Å². The van der Waals surface area contributed by atoms with E-state index in [0.717, 1.165) is 19.3 Å². The molecule has 0 aliphatic rings. The Morgan fingerprint density at radius 1 is 1.19 bits per heavy atom. The standard InChI is InChI=1S/C14H22O2/c1-12(2)16-11-14(15)10-6-9-13-7-4-3-5-8-13/h3-5,7-8,12,14-15H,6,9-11H2,1-2H3. The summed E-state index contributed by atoms with van der Waals surface area (Å²) < 4.78 is 5.36. The summed E-state index contributed by atoms with van der Waals surface area (Å²) in [6.07, 6.45) is 2.71. The van der Waals surface area contributed by atoms with Crippen LogP contribution in [0.3, 0.4) is 0 Å². The van der Waals surface area contributed by atoms with Gasteiger partial charge in [0.25, 0.3) is 0 Å². The summed E-state index contributed by atoms with van der Waals surface area (Å²) in [5.41, 5.74) is 1.33. The minimum absolute atomic E-state index is 0.198. The lowest BCUT2D eigenvalue weighted by atomic mass is 10.1. The van der Waals surface area contributed by atoms with Crippen molar-refractivity contribution >= 4 is 0 Å². The molecule has 0 aromatic heterocycles. The Hall–Kier alpha value is -0.860. The fraction of sp³-hybridized carbons (Fsp3) is 0.571. The largest absolute Gasteiger partial charge is 0.391 e. The molecule has 1 aromatic rings. The maximum Gasteiger partial charge on any atom is 0.0773 e. The van der Waals surface area contributed by atoms with Crippen LogP contribution >= 0.6 is 0 Å². The number of ether oxygens (including phenoxy) is 1. The van der Waals surface area contributed by atoms with Crippen molar-refractivity contribution in [1.82, 2.24) is 0 Å². The van der Waals surface area contributed by atoms with E-state index in [9.17, 15) is 5.11 Å². The molecule has 0 amide bonds. The highest BCUT2D eigenvalue weighted by Crippen LogP contribution is 2.07. The maximum absolute atomic E-state index is 9.65. The average Bonchev–Trinajstić information content (AvgIpc) is 2.28. The van der Waals surface area contributed by atoms with Gasteiger partial charge in [0, 0.05) is 0 Å². The first-order valence-electron chi connectivity index (χ1n) is 6.02. The van der Waals surface area contributed by atoms with Gasteiger partial charge in [-0.1, -0.05) is 30.3 Å². The van der Waals surface area contributed by atoms with E-state index in [1.165, 1.54) is 5.56 Å². The summed E-state index contributed by atoms with van der Waals surface area (Å²) in [5.74, 6) is 0. The number of aliphatic hydroxyl groups is 1. The highest BCUT2D eigenvalue weighted by molar-refractivity contribution is 5.14. The SMILES string of the molecule is CC(C)OCC(O)CCCc1ccccc1. The molecular formula is C14H22O2. The van der Waals surface area contributed by atoms with E-state index in [1.807, 2.05) is 32.0 Å². The molecule has 2 heteroatoms. The monoisotopic (exact) mass is 222 g/mol. The molecule has 1 N–H and O–H groups in total. The maximum atomic E-state index is 9.65. The van der Waals surface area contributed by atoms with Gasteiger partial charge in [0.1, 0.15) is 0 Å². The molecule has 0 aliphatic heterocycles. The summed E-state index contributed by atoms with van der Waals surface area (Å²) in [6, 6.07) is 10.4. The van der Waals surface area contributed by atoms with Gasteiger partial charge in [-0.2, -0.15) is 0 Å². The molecule has 1 rings (SSSR count). The molecule has 0 bridgehead atoms. The quantitative estimate of drug-likeness (QED) is 0.768. The van der Waals surface area contributed by atoms with Gasteiger partial charge in [-0.3, -0.25) is 0 Å². The Morgan fingerprint density at radius 3 is 2.50 bits per heavy atom. The van der Waals surface area contributed by atoms with Crippen LogP contribution < -0.4 is 0 Å². The van der Waals surface area contributed by atoms with Crippen LogP contribution in [-0.2, 0) is 11.2 Å². The molecule has 90 valence electrons. The van der Waals surface area contributed by atoms with Gasteiger partial charge in [0.05, 0.1) is 18.8 Å². The van der Waals surface area contributed by atoms with Crippen LogP contribution in [0.1, 0.15) is 32.3 Å². The second-order valence-electron chi connectivity index (χ2n) is 4.41. The van der Waals surface area contributed by atoms with E-state index in [-0.39, 0.29) is 12.2 Å². The lowest BCUT2D eigenvalue weighted by Crippen LogP contribution is -2.18. The molecule has 1 aromatic carbocycles. The second-order valence-corrected chi connectivity index (χ2v) is 4.41. The van der Waals surface area contributed by atoms with Gasteiger partial charge in [0.2, 0.25) is 0 Å². The number of rotatable bonds is 7. The Balaban J connectivity index is 2.11. The fourth-order valence-corrected chi connectivity index (χ4v) is 1.57. The molecule has 0 saturated heterocycles. The first-order valence-corrected chi connectivity index (χ1v) is 6.02. The van der Waals surface area contributed by atoms with Gasteiger partial charge < -0.3 is 9.84 Å². The number of hydrogen-bond donors (Lipinski definition) is 1. The molecular weight excluding hydrogens is 200 g/mol. The predicted molar refractivity (Wildman–Crippen MR) is 66.5 cm³/mol. The van der Waals surface area contributed by atoms with E-state index >= 15 is 0 Å². The molecule has 1 unspecified atom stereocenters. The van der Waals surface area contributed by atoms with Gasteiger partial charge in [-0.15, -0.1) is 0 Å². The van der Waals surface area contributed by atoms with Gasteiger partial charge >= 0.3 is 0 Å². The highest BCUT2D eigenvalue weighted by Gasteiger charge is 2.05. The smallest absolute Gasteiger partial charge is 0.0773 e. The zero-order valence-corrected chi connectivity index (χ0v) is 10.2. The Labute approximate surface area is 98.3 Å². The molecule has 0 spiro atoms. The number of aryl methyl sites for hydroxylation is 1. The molecule has 0 aliphatic carbocycles. The first-order chi connectivity index (χ1) is 7.68. The number of hydrogen-bond acceptors (Lipinski definition) is 2. The van der Waals surface area contributed by atoms with Crippen LogP contribution in [-0.4, -0.2) is 23.9 Å². The molecule has 16 heavy (non-hydrogen) atoms. The summed E-state index contributed by atoms with van der Waals surface area (Å²) in [6.45, 7) is 4.42. The molecule has 2 nitrogen and oxygen atoms in total. The van der Waals surface area contributed by atoms with Crippen LogP contribution in [0.25, 0.3) is 0 Å². The van der Waals surface area contributed by atoms with Crippen molar-refractivity contribution in [1.29, 1.82) is 0 Å². The Bertz CT molecular complexity index is 269. The third-order valence-corrected chi connectivity index (χ3v) is 2.47. The lowest BCUT2D eigenvalue weighted by molar-refractivity contribution is 0.00205. The van der Waals surface area contributed by atoms with Crippen molar-refractivity contribution < 1.29 is 9.84 Å². The predicted octanol–water partition coefficient (Wildman–Crippen LogP) is 2.80. The van der Waals surface area contributed by atoms with Crippen LogP contribution in [0.2, 0.25) is 0 Å². The first kappa shape index (κ1) is 13.2. The van der Waals surface area contributed by atoms with Gasteiger partial charge in [-0.25, -0.2) is 0 Å². The van der Waals surface area contributed by atoms with Crippen LogP contribution in [0.5, 0.6) is 0 Å². The minimum Gasteiger partial charge on any atom is -0.391 e. The van der Waals surface area contributed by atoms with E-state index < -0.39 is 0 Å². The molecule has 0 saturated carbocycles. The third kappa shape index (κ3) is 5.89. The van der Waals surface area contributed by atoms with E-state index in [0.29, 0.717) is 6.61 Å². The van der Waals surface area contributed by atoms with Crippen molar-refractivity contribution in [2.75, 3.05) is 6.61 Å². The second kappa shape index (κ2) is 7.42. The zero-order chi connectivity index (χ0) is 11.8. The number of benzene rings is 1. The Morgan fingerprint density at radius 2 is 1.88 bits per heavy atom.